The summed E-state index contributed by atoms with van der Waals surface area (Å²) in [5, 5.41) is 12.1. The number of rotatable bonds is 7. The van der Waals surface area contributed by atoms with Gasteiger partial charge in [0.2, 0.25) is 0 Å². The Morgan fingerprint density at radius 1 is 1.38 bits per heavy atom. The van der Waals surface area contributed by atoms with Crippen LogP contribution in [0.25, 0.3) is 0 Å². The highest BCUT2D eigenvalue weighted by Gasteiger charge is 2.29. The van der Waals surface area contributed by atoms with Gasteiger partial charge in [-0.3, -0.25) is 0 Å². The van der Waals surface area contributed by atoms with Crippen molar-refractivity contribution in [2.24, 2.45) is 5.92 Å². The summed E-state index contributed by atoms with van der Waals surface area (Å²) >= 11 is 0. The third kappa shape index (κ3) is 3.84. The predicted octanol–water partition coefficient (Wildman–Crippen LogP) is 3.08. The SMILES string of the molecule is CNc1nc(C2CC2)nc(N(CCC#N)CC(C)C)c1C. The number of nitriles is 1. The Labute approximate surface area is 127 Å². The lowest BCUT2D eigenvalue weighted by Crippen LogP contribution is -2.30. The minimum atomic E-state index is 0.518. The molecule has 0 radical (unpaired) electrons. The second-order valence-corrected chi connectivity index (χ2v) is 6.15. The van der Waals surface area contributed by atoms with Crippen LogP contribution in [0.15, 0.2) is 0 Å². The summed E-state index contributed by atoms with van der Waals surface area (Å²) in [6, 6.07) is 2.24. The van der Waals surface area contributed by atoms with Gasteiger partial charge >= 0.3 is 0 Å². The van der Waals surface area contributed by atoms with E-state index in [0.717, 1.165) is 36.1 Å². The molecule has 0 spiro atoms. The summed E-state index contributed by atoms with van der Waals surface area (Å²) in [6.07, 6.45) is 2.89. The Kier molecular flexibility index (Phi) is 5.00. The van der Waals surface area contributed by atoms with E-state index in [0.29, 0.717) is 18.3 Å². The summed E-state index contributed by atoms with van der Waals surface area (Å²) in [5.41, 5.74) is 1.07. The van der Waals surface area contributed by atoms with E-state index in [-0.39, 0.29) is 0 Å². The van der Waals surface area contributed by atoms with Crippen molar-refractivity contribution in [3.05, 3.63) is 11.4 Å². The summed E-state index contributed by atoms with van der Waals surface area (Å²) in [7, 11) is 1.90. The van der Waals surface area contributed by atoms with E-state index < -0.39 is 0 Å². The topological polar surface area (TPSA) is 64.8 Å². The molecule has 1 fully saturated rings. The minimum Gasteiger partial charge on any atom is -0.373 e. The van der Waals surface area contributed by atoms with Gasteiger partial charge in [-0.1, -0.05) is 13.8 Å². The normalized spacial score (nSPS) is 14.1. The first-order chi connectivity index (χ1) is 10.1. The van der Waals surface area contributed by atoms with Crippen LogP contribution >= 0.6 is 0 Å². The van der Waals surface area contributed by atoms with Crippen LogP contribution in [0.2, 0.25) is 0 Å². The maximum absolute atomic E-state index is 8.90. The highest BCUT2D eigenvalue weighted by molar-refractivity contribution is 5.59. The van der Waals surface area contributed by atoms with E-state index >= 15 is 0 Å². The number of hydrogen-bond acceptors (Lipinski definition) is 5. The molecule has 1 aliphatic rings. The Bertz CT molecular complexity index is 528. The molecule has 1 aliphatic carbocycles. The van der Waals surface area contributed by atoms with Crippen molar-refractivity contribution in [1.82, 2.24) is 9.97 Å². The highest BCUT2D eigenvalue weighted by atomic mass is 15.2. The zero-order chi connectivity index (χ0) is 15.4. The number of nitrogens with one attached hydrogen (secondary N) is 1. The van der Waals surface area contributed by atoms with Crippen LogP contribution in [-0.2, 0) is 0 Å². The molecule has 5 heteroatoms. The number of anilines is 2. The van der Waals surface area contributed by atoms with Crippen molar-refractivity contribution in [1.29, 1.82) is 5.26 Å². The third-order valence-corrected chi connectivity index (χ3v) is 3.70. The second kappa shape index (κ2) is 6.75. The van der Waals surface area contributed by atoms with Gasteiger partial charge < -0.3 is 10.2 Å². The van der Waals surface area contributed by atoms with Crippen LogP contribution in [0.5, 0.6) is 0 Å². The molecule has 1 aromatic heterocycles. The molecule has 1 N–H and O–H groups in total. The molecule has 5 nitrogen and oxygen atoms in total. The standard InChI is InChI=1S/C16H25N5/c1-11(2)10-21(9-5-8-17)16-12(3)14(18-4)19-15(20-16)13-6-7-13/h11,13H,5-7,9-10H2,1-4H3,(H,18,19,20). The molecule has 1 heterocycles. The van der Waals surface area contributed by atoms with Crippen molar-refractivity contribution < 1.29 is 0 Å². The Balaban J connectivity index is 2.36. The van der Waals surface area contributed by atoms with Gasteiger partial charge in [0.1, 0.15) is 17.5 Å². The first-order valence-electron chi connectivity index (χ1n) is 7.75. The fraction of sp³-hybridized carbons (Fsp3) is 0.688. The molecular formula is C16H25N5. The largest absolute Gasteiger partial charge is 0.373 e. The number of aromatic nitrogens is 2. The molecule has 1 aromatic rings. The van der Waals surface area contributed by atoms with Crippen molar-refractivity contribution in [2.45, 2.75) is 46.0 Å². The Morgan fingerprint density at radius 2 is 2.10 bits per heavy atom. The summed E-state index contributed by atoms with van der Waals surface area (Å²) in [4.78, 5) is 11.7. The summed E-state index contributed by atoms with van der Waals surface area (Å²) in [5.74, 6) is 3.90. The van der Waals surface area contributed by atoms with E-state index in [2.05, 4.69) is 42.0 Å². The predicted molar refractivity (Wildman–Crippen MR) is 85.6 cm³/mol. The Hall–Kier alpha value is -1.83. The van der Waals surface area contributed by atoms with Gasteiger partial charge in [0.15, 0.2) is 0 Å². The molecule has 0 aliphatic heterocycles. The van der Waals surface area contributed by atoms with E-state index in [1.807, 2.05) is 7.05 Å². The molecule has 0 amide bonds. The number of nitrogens with zero attached hydrogens (tertiary/aromatic N) is 4. The van der Waals surface area contributed by atoms with Crippen molar-refractivity contribution in [2.75, 3.05) is 30.4 Å². The lowest BCUT2D eigenvalue weighted by Gasteiger charge is -2.27. The first kappa shape index (κ1) is 15.6. The van der Waals surface area contributed by atoms with Crippen molar-refractivity contribution in [3.8, 4) is 6.07 Å². The van der Waals surface area contributed by atoms with Crippen LogP contribution in [0.1, 0.15) is 50.4 Å². The van der Waals surface area contributed by atoms with E-state index in [4.69, 9.17) is 10.2 Å². The van der Waals surface area contributed by atoms with Gasteiger partial charge in [0, 0.05) is 31.6 Å². The smallest absolute Gasteiger partial charge is 0.137 e. The van der Waals surface area contributed by atoms with Crippen LogP contribution < -0.4 is 10.2 Å². The molecule has 114 valence electrons. The maximum Gasteiger partial charge on any atom is 0.137 e. The molecule has 0 atom stereocenters. The second-order valence-electron chi connectivity index (χ2n) is 6.15. The van der Waals surface area contributed by atoms with Gasteiger partial charge in [0.05, 0.1) is 12.5 Å². The van der Waals surface area contributed by atoms with Gasteiger partial charge in [-0.05, 0) is 25.7 Å². The molecule has 0 saturated heterocycles. The lowest BCUT2D eigenvalue weighted by atomic mass is 10.1. The average molecular weight is 287 g/mol. The Morgan fingerprint density at radius 3 is 2.62 bits per heavy atom. The van der Waals surface area contributed by atoms with E-state index in [1.54, 1.807) is 0 Å². The lowest BCUT2D eigenvalue weighted by molar-refractivity contribution is 0.605. The molecule has 0 bridgehead atoms. The van der Waals surface area contributed by atoms with E-state index in [9.17, 15) is 0 Å². The van der Waals surface area contributed by atoms with Crippen LogP contribution in [-0.4, -0.2) is 30.1 Å². The van der Waals surface area contributed by atoms with Crippen molar-refractivity contribution >= 4 is 11.6 Å². The highest BCUT2D eigenvalue weighted by Crippen LogP contribution is 2.40. The molecule has 21 heavy (non-hydrogen) atoms. The molecular weight excluding hydrogens is 262 g/mol. The van der Waals surface area contributed by atoms with Crippen LogP contribution in [0.4, 0.5) is 11.6 Å². The van der Waals surface area contributed by atoms with Crippen LogP contribution in [0.3, 0.4) is 0 Å². The first-order valence-corrected chi connectivity index (χ1v) is 7.75. The maximum atomic E-state index is 8.90. The van der Waals surface area contributed by atoms with Gasteiger partial charge in [-0.2, -0.15) is 5.26 Å². The minimum absolute atomic E-state index is 0.518. The van der Waals surface area contributed by atoms with Gasteiger partial charge in [0.25, 0.3) is 0 Å². The fourth-order valence-corrected chi connectivity index (χ4v) is 2.51. The molecule has 2 rings (SSSR count). The van der Waals surface area contributed by atoms with Crippen LogP contribution in [0, 0.1) is 24.2 Å². The van der Waals surface area contributed by atoms with Crippen molar-refractivity contribution in [3.63, 3.8) is 0 Å². The summed E-state index contributed by atoms with van der Waals surface area (Å²) < 4.78 is 0. The fourth-order valence-electron chi connectivity index (χ4n) is 2.51. The van der Waals surface area contributed by atoms with Gasteiger partial charge in [-0.15, -0.1) is 0 Å². The molecule has 0 unspecified atom stereocenters. The van der Waals surface area contributed by atoms with E-state index in [1.165, 1.54) is 12.8 Å². The average Bonchev–Trinajstić information content (AvgIpc) is 3.28. The summed E-state index contributed by atoms with van der Waals surface area (Å²) in [6.45, 7) is 8.07. The number of hydrogen-bond donors (Lipinski definition) is 1. The monoisotopic (exact) mass is 287 g/mol. The van der Waals surface area contributed by atoms with Gasteiger partial charge in [-0.25, -0.2) is 9.97 Å². The molecule has 0 aromatic carbocycles. The zero-order valence-corrected chi connectivity index (χ0v) is 13.5. The zero-order valence-electron chi connectivity index (χ0n) is 13.5. The third-order valence-electron chi connectivity index (χ3n) is 3.70. The quantitative estimate of drug-likeness (QED) is 0.835. The molecule has 1 saturated carbocycles.